The lowest BCUT2D eigenvalue weighted by Crippen LogP contribution is -2.38. The summed E-state index contributed by atoms with van der Waals surface area (Å²) in [5, 5.41) is 9.53. The maximum Gasteiger partial charge on any atom is 0.266 e. The number of amides is 2. The van der Waals surface area contributed by atoms with Gasteiger partial charge in [0.05, 0.1) is 44.9 Å². The predicted molar refractivity (Wildman–Crippen MR) is 184 cm³/mol. The van der Waals surface area contributed by atoms with Crippen molar-refractivity contribution in [2.45, 2.75) is 25.9 Å². The molecule has 0 radical (unpaired) electrons. The Labute approximate surface area is 288 Å². The van der Waals surface area contributed by atoms with Crippen LogP contribution in [0.2, 0.25) is 0 Å². The van der Waals surface area contributed by atoms with Gasteiger partial charge in [0.1, 0.15) is 35.9 Å². The summed E-state index contributed by atoms with van der Waals surface area (Å²) in [6, 6.07) is 21.9. The molecule has 3 aromatic heterocycles. The van der Waals surface area contributed by atoms with Gasteiger partial charge in [0, 0.05) is 32.1 Å². The molecule has 0 spiro atoms. The van der Waals surface area contributed by atoms with E-state index < -0.39 is 0 Å². The molecule has 50 heavy (non-hydrogen) atoms. The van der Waals surface area contributed by atoms with E-state index in [1.807, 2.05) is 42.5 Å². The molecule has 0 aliphatic rings. The number of carbonyl (C=O) groups excluding carboxylic acids is 2. The Kier molecular flexibility index (Phi) is 13.4. The number of hydrogen-bond acceptors (Lipinski definition) is 11. The van der Waals surface area contributed by atoms with Crippen LogP contribution in [0.1, 0.15) is 24.1 Å². The molecule has 262 valence electrons. The van der Waals surface area contributed by atoms with Crippen LogP contribution in [0.25, 0.3) is 22.7 Å². The molecule has 2 amide bonds. The van der Waals surface area contributed by atoms with Gasteiger partial charge in [0.2, 0.25) is 17.7 Å². The molecular weight excluding hydrogens is 644 g/mol. The molecule has 0 bridgehead atoms. The Bertz CT molecular complexity index is 1880. The van der Waals surface area contributed by atoms with Crippen LogP contribution in [0.4, 0.5) is 0 Å². The van der Waals surface area contributed by atoms with Crippen molar-refractivity contribution in [2.24, 2.45) is 7.05 Å². The molecule has 0 aliphatic carbocycles. The number of nitrogens with one attached hydrogen (secondary N) is 2. The monoisotopic (exact) mass is 684 g/mol. The number of ether oxygens (including phenoxy) is 4. The normalized spacial score (nSPS) is 11.0. The van der Waals surface area contributed by atoms with Crippen LogP contribution in [0.3, 0.4) is 0 Å². The third-order valence-electron chi connectivity index (χ3n) is 7.32. The summed E-state index contributed by atoms with van der Waals surface area (Å²) in [6.45, 7) is 2.36. The van der Waals surface area contributed by atoms with Crippen LogP contribution >= 0.6 is 0 Å². The van der Waals surface area contributed by atoms with Crippen molar-refractivity contribution in [3.8, 4) is 23.1 Å². The fraction of sp³-hybridized carbons (Fsp3) is 0.333. The van der Waals surface area contributed by atoms with E-state index in [-0.39, 0.29) is 30.5 Å². The first-order chi connectivity index (χ1) is 24.4. The first-order valence-electron chi connectivity index (χ1n) is 16.3. The van der Waals surface area contributed by atoms with Crippen LogP contribution in [0, 0.1) is 0 Å². The predicted octanol–water partition coefficient (Wildman–Crippen LogP) is 3.23. The van der Waals surface area contributed by atoms with Gasteiger partial charge in [-0.05, 0) is 48.7 Å². The number of aromatic nitrogens is 4. The SMILES string of the molecule is Cn1nc(-c2nc3cc(OCc4ccc(OCCOCCOCCNC(=O)CNC(=O)CCCc5ccccc5)cn4)ccc3o2)ccc1=O. The zero-order chi connectivity index (χ0) is 35.0. The van der Waals surface area contributed by atoms with Crippen molar-refractivity contribution in [3.63, 3.8) is 0 Å². The van der Waals surface area contributed by atoms with E-state index >= 15 is 0 Å². The number of nitrogens with zero attached hydrogens (tertiary/aromatic N) is 4. The second-order valence-corrected chi connectivity index (χ2v) is 11.1. The van der Waals surface area contributed by atoms with Crippen molar-refractivity contribution >= 4 is 22.9 Å². The first-order valence-corrected chi connectivity index (χ1v) is 16.3. The van der Waals surface area contributed by atoms with Crippen LogP contribution in [0.5, 0.6) is 11.5 Å². The number of carbonyl (C=O) groups is 2. The number of fused-ring (bicyclic) bond motifs is 1. The van der Waals surface area contributed by atoms with E-state index in [2.05, 4.69) is 25.7 Å². The lowest BCUT2D eigenvalue weighted by atomic mass is 10.1. The number of pyridine rings is 1. The topological polar surface area (TPSA) is 169 Å². The molecule has 0 aliphatic heterocycles. The molecule has 2 N–H and O–H groups in total. The number of hydrogen-bond donors (Lipinski definition) is 2. The average Bonchev–Trinajstić information content (AvgIpc) is 3.56. The quantitative estimate of drug-likeness (QED) is 0.116. The fourth-order valence-corrected chi connectivity index (χ4v) is 4.69. The maximum atomic E-state index is 11.9. The van der Waals surface area contributed by atoms with E-state index in [4.69, 9.17) is 23.4 Å². The summed E-state index contributed by atoms with van der Waals surface area (Å²) in [7, 11) is 1.57. The Morgan fingerprint density at radius 1 is 0.840 bits per heavy atom. The molecule has 14 heteroatoms. The summed E-state index contributed by atoms with van der Waals surface area (Å²) in [4.78, 5) is 44.3. The van der Waals surface area contributed by atoms with Crippen LogP contribution in [-0.2, 0) is 39.1 Å². The zero-order valence-electron chi connectivity index (χ0n) is 27.8. The summed E-state index contributed by atoms with van der Waals surface area (Å²) in [6.07, 6.45) is 3.56. The number of benzene rings is 2. The third-order valence-corrected chi connectivity index (χ3v) is 7.32. The van der Waals surface area contributed by atoms with E-state index in [0.29, 0.717) is 80.2 Å². The minimum Gasteiger partial charge on any atom is -0.490 e. The molecule has 3 heterocycles. The molecule has 0 fully saturated rings. The van der Waals surface area contributed by atoms with Crippen molar-refractivity contribution in [3.05, 3.63) is 101 Å². The lowest BCUT2D eigenvalue weighted by Gasteiger charge is -2.09. The highest BCUT2D eigenvalue weighted by molar-refractivity contribution is 5.84. The third kappa shape index (κ3) is 11.5. The minimum atomic E-state index is -0.258. The molecule has 14 nitrogen and oxygen atoms in total. The number of rotatable bonds is 20. The largest absolute Gasteiger partial charge is 0.490 e. The van der Waals surface area contributed by atoms with Crippen molar-refractivity contribution in [2.75, 3.05) is 46.1 Å². The van der Waals surface area contributed by atoms with E-state index in [0.717, 1.165) is 18.5 Å². The molecule has 5 aromatic rings. The summed E-state index contributed by atoms with van der Waals surface area (Å²) in [5.74, 6) is 1.13. The smallest absolute Gasteiger partial charge is 0.266 e. The highest BCUT2D eigenvalue weighted by Crippen LogP contribution is 2.26. The van der Waals surface area contributed by atoms with Gasteiger partial charge in [-0.3, -0.25) is 19.4 Å². The van der Waals surface area contributed by atoms with Crippen LogP contribution < -0.4 is 25.7 Å². The van der Waals surface area contributed by atoms with Crippen molar-refractivity contribution in [1.29, 1.82) is 0 Å². The Morgan fingerprint density at radius 2 is 1.64 bits per heavy atom. The van der Waals surface area contributed by atoms with Gasteiger partial charge in [-0.2, -0.15) is 5.10 Å². The van der Waals surface area contributed by atoms with Gasteiger partial charge in [-0.1, -0.05) is 30.3 Å². The van der Waals surface area contributed by atoms with Crippen LogP contribution in [0.15, 0.2) is 88.2 Å². The zero-order valence-corrected chi connectivity index (χ0v) is 27.8. The number of aryl methyl sites for hydroxylation is 2. The summed E-state index contributed by atoms with van der Waals surface area (Å²) >= 11 is 0. The van der Waals surface area contributed by atoms with E-state index in [1.54, 1.807) is 37.5 Å². The highest BCUT2D eigenvalue weighted by atomic mass is 16.5. The summed E-state index contributed by atoms with van der Waals surface area (Å²) < 4.78 is 29.6. The lowest BCUT2D eigenvalue weighted by molar-refractivity contribution is -0.126. The maximum absolute atomic E-state index is 11.9. The Hall–Kier alpha value is -5.60. The van der Waals surface area contributed by atoms with Crippen molar-refractivity contribution in [1.82, 2.24) is 30.4 Å². The van der Waals surface area contributed by atoms with Gasteiger partial charge in [0.25, 0.3) is 5.56 Å². The van der Waals surface area contributed by atoms with Gasteiger partial charge in [0.15, 0.2) is 5.58 Å². The first kappa shape index (κ1) is 35.7. The van der Waals surface area contributed by atoms with Gasteiger partial charge < -0.3 is 34.0 Å². The molecule has 5 rings (SSSR count). The van der Waals surface area contributed by atoms with Gasteiger partial charge in [-0.25, -0.2) is 9.67 Å². The molecule has 2 aromatic carbocycles. The second kappa shape index (κ2) is 18.8. The van der Waals surface area contributed by atoms with E-state index in [1.165, 1.54) is 16.3 Å². The van der Waals surface area contributed by atoms with E-state index in [9.17, 15) is 14.4 Å². The molecule has 0 saturated heterocycles. The molecular formula is C36H40N6O8. The molecule has 0 saturated carbocycles. The highest BCUT2D eigenvalue weighted by Gasteiger charge is 2.12. The number of oxazole rings is 1. The minimum absolute atomic E-state index is 0.0534. The van der Waals surface area contributed by atoms with Gasteiger partial charge >= 0.3 is 0 Å². The molecule has 0 atom stereocenters. The van der Waals surface area contributed by atoms with Crippen molar-refractivity contribution < 1.29 is 33.0 Å². The Balaban J connectivity index is 0.872. The Morgan fingerprint density at radius 3 is 2.44 bits per heavy atom. The fourth-order valence-electron chi connectivity index (χ4n) is 4.69. The molecule has 0 unspecified atom stereocenters. The second-order valence-electron chi connectivity index (χ2n) is 11.1. The van der Waals surface area contributed by atoms with Gasteiger partial charge in [-0.15, -0.1) is 0 Å². The standard InChI is InChI=1S/C36H40N6O8/c1-42-35(45)15-13-30(41-42)36-40-31-22-28(12-14-32(31)50-36)49-25-27-10-11-29(23-38-27)48-21-20-47-19-18-46-17-16-37-34(44)24-39-33(43)9-5-8-26-6-3-2-4-7-26/h2-4,6-7,10-15,22-23H,5,8-9,16-21,24-25H2,1H3,(H,37,44)(H,39,43). The summed E-state index contributed by atoms with van der Waals surface area (Å²) in [5.41, 5.74) is 3.33. The van der Waals surface area contributed by atoms with Crippen LogP contribution in [-0.4, -0.2) is 77.7 Å². The average molecular weight is 685 g/mol.